The van der Waals surface area contributed by atoms with Crippen molar-refractivity contribution in [2.24, 2.45) is 0 Å². The van der Waals surface area contributed by atoms with Gasteiger partial charge in [-0.2, -0.15) is 12.6 Å². The molecule has 35 heavy (non-hydrogen) atoms. The Morgan fingerprint density at radius 2 is 0.457 bits per heavy atom. The van der Waals surface area contributed by atoms with Crippen molar-refractivity contribution in [1.82, 2.24) is 0 Å². The molecule has 0 aliphatic rings. The Labute approximate surface area is 242 Å². The van der Waals surface area contributed by atoms with Crippen molar-refractivity contribution in [1.29, 1.82) is 0 Å². The molecule has 0 aromatic carbocycles. The zero-order valence-corrected chi connectivity index (χ0v) is 27.5. The number of unbranched alkanes of at least 4 members (excludes halogenated alkanes) is 27. The fourth-order valence-electron chi connectivity index (χ4n) is 5.03. The highest BCUT2D eigenvalue weighted by Crippen LogP contribution is 2.27. The van der Waals surface area contributed by atoms with Crippen LogP contribution in [0.3, 0.4) is 0 Å². The summed E-state index contributed by atoms with van der Waals surface area (Å²) >= 11 is 22.0. The second-order valence-electron chi connectivity index (χ2n) is 11.0. The van der Waals surface area contributed by atoms with Crippen LogP contribution in [-0.2, 0) is 0 Å². The van der Waals surface area contributed by atoms with Crippen molar-refractivity contribution in [2.75, 3.05) is 5.75 Å². The highest BCUT2D eigenvalue weighted by atomic mass is 35.8. The van der Waals surface area contributed by atoms with Gasteiger partial charge >= 0.3 is 6.00 Å². The first-order valence-corrected chi connectivity index (χ1v) is 21.6. The first kappa shape index (κ1) is 36.4. The van der Waals surface area contributed by atoms with Gasteiger partial charge in [0.1, 0.15) is 0 Å². The minimum atomic E-state index is -2.36. The summed E-state index contributed by atoms with van der Waals surface area (Å²) in [6.07, 6.45) is 39.7. The highest BCUT2D eigenvalue weighted by molar-refractivity contribution is 7.80. The molecule has 0 spiro atoms. The molecule has 0 fully saturated rings. The molecule has 0 saturated heterocycles. The Bertz CT molecular complexity index is 390. The van der Waals surface area contributed by atoms with Crippen molar-refractivity contribution < 1.29 is 0 Å². The molecule has 0 rings (SSSR count). The van der Waals surface area contributed by atoms with Gasteiger partial charge in [-0.25, -0.2) is 0 Å². The molecule has 0 unspecified atom stereocenters. The van der Waals surface area contributed by atoms with Crippen molar-refractivity contribution in [3.05, 3.63) is 0 Å². The van der Waals surface area contributed by atoms with Crippen LogP contribution in [0, 0.1) is 0 Å². The van der Waals surface area contributed by atoms with Crippen molar-refractivity contribution in [3.8, 4) is 0 Å². The maximum atomic E-state index is 5.92. The fraction of sp³-hybridized carbons (Fsp3) is 1.00. The van der Waals surface area contributed by atoms with Crippen LogP contribution in [0.1, 0.15) is 180 Å². The largest absolute Gasteiger partial charge is 0.341 e. The second-order valence-corrected chi connectivity index (χ2v) is 20.7. The van der Waals surface area contributed by atoms with E-state index in [0.717, 1.165) is 18.2 Å². The van der Waals surface area contributed by atoms with E-state index < -0.39 is 6.00 Å². The van der Waals surface area contributed by atoms with Gasteiger partial charge in [0.05, 0.1) is 0 Å². The molecule has 0 N–H and O–H groups in total. The number of rotatable bonds is 30. The van der Waals surface area contributed by atoms with Gasteiger partial charge in [-0.15, -0.1) is 33.2 Å². The monoisotopic (exact) mass is 586 g/mol. The minimum absolute atomic E-state index is 0.829. The molecule has 0 heterocycles. The Morgan fingerprint density at radius 1 is 0.286 bits per heavy atom. The SMILES string of the molecule is SCCCCCCCCCCCCCCCCCCCCCCCCCCCCCC[Si](Cl)(Cl)Cl. The molecule has 5 heteroatoms. The number of hydrogen-bond acceptors (Lipinski definition) is 1. The standard InChI is InChI=1S/C30H61Cl3SSi/c31-35(32,33)30-28-26-24-22-20-18-16-14-12-10-8-6-4-2-1-3-5-7-9-11-13-15-17-19-21-23-25-27-29-34/h34H,1-30H2. The van der Waals surface area contributed by atoms with Crippen molar-refractivity contribution >= 4 is 51.9 Å². The first-order chi connectivity index (χ1) is 17.1. The molecule has 0 nitrogen and oxygen atoms in total. The van der Waals surface area contributed by atoms with Gasteiger partial charge in [-0.1, -0.05) is 173 Å². The number of thiol groups is 1. The zero-order chi connectivity index (χ0) is 25.7. The van der Waals surface area contributed by atoms with Gasteiger partial charge in [0.2, 0.25) is 0 Å². The van der Waals surface area contributed by atoms with Crippen LogP contribution in [-0.4, -0.2) is 11.8 Å². The van der Waals surface area contributed by atoms with E-state index >= 15 is 0 Å². The molecule has 0 aromatic heterocycles. The van der Waals surface area contributed by atoms with E-state index in [2.05, 4.69) is 12.6 Å². The van der Waals surface area contributed by atoms with E-state index in [1.165, 1.54) is 173 Å². The number of halogens is 3. The van der Waals surface area contributed by atoms with Crippen LogP contribution in [0.5, 0.6) is 0 Å². The van der Waals surface area contributed by atoms with E-state index in [4.69, 9.17) is 33.2 Å². The fourth-order valence-corrected chi connectivity index (χ4v) is 7.11. The summed E-state index contributed by atoms with van der Waals surface area (Å²) in [5.74, 6) is 1.06. The van der Waals surface area contributed by atoms with Gasteiger partial charge in [-0.05, 0) is 18.2 Å². The normalized spacial score (nSPS) is 12.0. The molecule has 0 aromatic rings. The van der Waals surface area contributed by atoms with Crippen LogP contribution < -0.4 is 0 Å². The second kappa shape index (κ2) is 30.0. The molecule has 0 aliphatic carbocycles. The summed E-state index contributed by atoms with van der Waals surface area (Å²) < 4.78 is 0. The summed E-state index contributed by atoms with van der Waals surface area (Å²) in [5, 5.41) is 0. The van der Waals surface area contributed by atoms with Crippen LogP contribution >= 0.6 is 45.9 Å². The Balaban J connectivity index is 3.03. The van der Waals surface area contributed by atoms with E-state index in [1.807, 2.05) is 0 Å². The molecule has 212 valence electrons. The highest BCUT2D eigenvalue weighted by Gasteiger charge is 2.23. The number of hydrogen-bond donors (Lipinski definition) is 1. The molecular formula is C30H61Cl3SSi. The zero-order valence-electron chi connectivity index (χ0n) is 23.3. The van der Waals surface area contributed by atoms with E-state index in [9.17, 15) is 0 Å². The van der Waals surface area contributed by atoms with Crippen LogP contribution in [0.4, 0.5) is 0 Å². The average Bonchev–Trinajstić information content (AvgIpc) is 2.82. The summed E-state index contributed by atoms with van der Waals surface area (Å²) in [7, 11) is 0. The molecule has 0 radical (unpaired) electrons. The molecule has 0 atom stereocenters. The average molecular weight is 588 g/mol. The minimum Gasteiger partial charge on any atom is -0.179 e. The third-order valence-corrected chi connectivity index (χ3v) is 10.3. The summed E-state index contributed by atoms with van der Waals surface area (Å²) in [5.41, 5.74) is 0. The van der Waals surface area contributed by atoms with Crippen molar-refractivity contribution in [3.63, 3.8) is 0 Å². The topological polar surface area (TPSA) is 0 Å². The smallest absolute Gasteiger partial charge is 0.179 e. The Kier molecular flexibility index (Phi) is 31.2. The first-order valence-electron chi connectivity index (χ1n) is 15.7. The van der Waals surface area contributed by atoms with Crippen LogP contribution in [0.15, 0.2) is 0 Å². The van der Waals surface area contributed by atoms with E-state index in [-0.39, 0.29) is 0 Å². The molecule has 0 bridgehead atoms. The van der Waals surface area contributed by atoms with Gasteiger partial charge in [0.15, 0.2) is 0 Å². The maximum absolute atomic E-state index is 5.92. The van der Waals surface area contributed by atoms with E-state index in [0.29, 0.717) is 0 Å². The molecule has 0 amide bonds. The van der Waals surface area contributed by atoms with Crippen LogP contribution in [0.2, 0.25) is 6.04 Å². The van der Waals surface area contributed by atoms with Gasteiger partial charge in [0, 0.05) is 0 Å². The van der Waals surface area contributed by atoms with E-state index in [1.54, 1.807) is 0 Å². The summed E-state index contributed by atoms with van der Waals surface area (Å²) in [6.45, 7) is 0. The maximum Gasteiger partial charge on any atom is 0.341 e. The lowest BCUT2D eigenvalue weighted by atomic mass is 10.0. The molecule has 0 saturated carbocycles. The van der Waals surface area contributed by atoms with Crippen LogP contribution in [0.25, 0.3) is 0 Å². The quantitative estimate of drug-likeness (QED) is 0.0367. The predicted octanol–water partition coefficient (Wildman–Crippen LogP) is 13.5. The lowest BCUT2D eigenvalue weighted by Crippen LogP contribution is -2.07. The van der Waals surface area contributed by atoms with Gasteiger partial charge in [-0.3, -0.25) is 0 Å². The van der Waals surface area contributed by atoms with Gasteiger partial charge in [0.25, 0.3) is 0 Å². The summed E-state index contributed by atoms with van der Waals surface area (Å²) in [6, 6.07) is -1.54. The molecule has 0 aliphatic heterocycles. The predicted molar refractivity (Wildman–Crippen MR) is 171 cm³/mol. The van der Waals surface area contributed by atoms with Gasteiger partial charge < -0.3 is 0 Å². The van der Waals surface area contributed by atoms with Crippen molar-refractivity contribution in [2.45, 2.75) is 186 Å². The Hall–Kier alpha value is 1.44. The molecular weight excluding hydrogens is 527 g/mol. The third-order valence-electron chi connectivity index (χ3n) is 7.37. The summed E-state index contributed by atoms with van der Waals surface area (Å²) in [4.78, 5) is 0. The lowest BCUT2D eigenvalue weighted by molar-refractivity contribution is 0.514. The third kappa shape index (κ3) is 35.4. The Morgan fingerprint density at radius 3 is 0.629 bits per heavy atom. The lowest BCUT2D eigenvalue weighted by Gasteiger charge is -2.07.